The van der Waals surface area contributed by atoms with Crippen molar-refractivity contribution >= 4 is 29.1 Å². The van der Waals surface area contributed by atoms with Crippen LogP contribution in [0.4, 0.5) is 0 Å². The molecule has 0 aliphatic heterocycles. The first-order chi connectivity index (χ1) is 8.33. The highest BCUT2D eigenvalue weighted by Crippen LogP contribution is 2.28. The SMILES string of the molecule is Clc1cc(Sc2ccncc2)n2ncnc2n1. The van der Waals surface area contributed by atoms with E-state index in [4.69, 9.17) is 11.6 Å². The van der Waals surface area contributed by atoms with Crippen LogP contribution in [0.2, 0.25) is 5.15 Å². The molecule has 0 unspecified atom stereocenters. The van der Waals surface area contributed by atoms with Gasteiger partial charge in [-0.05, 0) is 12.1 Å². The van der Waals surface area contributed by atoms with Gasteiger partial charge < -0.3 is 0 Å². The summed E-state index contributed by atoms with van der Waals surface area (Å²) in [6.07, 6.45) is 4.93. The van der Waals surface area contributed by atoms with Crippen molar-refractivity contribution in [2.24, 2.45) is 0 Å². The van der Waals surface area contributed by atoms with Crippen LogP contribution in [-0.4, -0.2) is 24.6 Å². The van der Waals surface area contributed by atoms with E-state index < -0.39 is 0 Å². The summed E-state index contributed by atoms with van der Waals surface area (Å²) in [7, 11) is 0. The fraction of sp³-hybridized carbons (Fsp3) is 0. The molecule has 0 aromatic carbocycles. The van der Waals surface area contributed by atoms with Crippen LogP contribution in [0, 0.1) is 0 Å². The number of hydrogen-bond donors (Lipinski definition) is 0. The predicted molar refractivity (Wildman–Crippen MR) is 64.2 cm³/mol. The normalized spacial score (nSPS) is 10.9. The number of rotatable bonds is 2. The van der Waals surface area contributed by atoms with Gasteiger partial charge in [-0.15, -0.1) is 0 Å². The summed E-state index contributed by atoms with van der Waals surface area (Å²) < 4.78 is 1.65. The summed E-state index contributed by atoms with van der Waals surface area (Å²) >= 11 is 7.46. The fourth-order valence-electron chi connectivity index (χ4n) is 1.36. The Kier molecular flexibility index (Phi) is 2.66. The van der Waals surface area contributed by atoms with Crippen molar-refractivity contribution in [2.75, 3.05) is 0 Å². The van der Waals surface area contributed by atoms with Gasteiger partial charge in [-0.2, -0.15) is 19.6 Å². The molecule has 0 atom stereocenters. The smallest absolute Gasteiger partial charge is 0.254 e. The summed E-state index contributed by atoms with van der Waals surface area (Å²) in [5.74, 6) is 0.494. The highest BCUT2D eigenvalue weighted by molar-refractivity contribution is 7.99. The van der Waals surface area contributed by atoms with Gasteiger partial charge in [0.2, 0.25) is 0 Å². The molecule has 84 valence electrons. The minimum absolute atomic E-state index is 0.405. The van der Waals surface area contributed by atoms with E-state index in [2.05, 4.69) is 20.1 Å². The molecule has 0 fully saturated rings. The van der Waals surface area contributed by atoms with E-state index in [1.807, 2.05) is 12.1 Å². The Balaban J connectivity index is 2.08. The molecule has 3 heterocycles. The van der Waals surface area contributed by atoms with E-state index in [0.717, 1.165) is 9.92 Å². The third kappa shape index (κ3) is 2.09. The summed E-state index contributed by atoms with van der Waals surface area (Å²) in [5.41, 5.74) is 0. The second-order valence-corrected chi connectivity index (χ2v) is 4.65. The molecule has 3 aromatic rings. The number of pyridine rings is 1. The standard InChI is InChI=1S/C10H6ClN5S/c11-8-5-9(16-10(15-8)13-6-14-16)17-7-1-3-12-4-2-7/h1-6H. The van der Waals surface area contributed by atoms with Crippen molar-refractivity contribution in [3.05, 3.63) is 42.1 Å². The molecule has 0 aliphatic carbocycles. The average Bonchev–Trinajstić information content (AvgIpc) is 2.78. The van der Waals surface area contributed by atoms with Crippen molar-refractivity contribution in [3.8, 4) is 0 Å². The first-order valence-electron chi connectivity index (χ1n) is 4.77. The van der Waals surface area contributed by atoms with Crippen LogP contribution in [0.1, 0.15) is 0 Å². The van der Waals surface area contributed by atoms with Gasteiger partial charge in [-0.1, -0.05) is 23.4 Å². The molecule has 0 spiro atoms. The molecule has 5 nitrogen and oxygen atoms in total. The van der Waals surface area contributed by atoms with Crippen LogP contribution in [0.3, 0.4) is 0 Å². The number of fused-ring (bicyclic) bond motifs is 1. The van der Waals surface area contributed by atoms with Gasteiger partial charge in [0.1, 0.15) is 16.5 Å². The van der Waals surface area contributed by atoms with Crippen LogP contribution >= 0.6 is 23.4 Å². The van der Waals surface area contributed by atoms with E-state index in [1.54, 1.807) is 23.0 Å². The van der Waals surface area contributed by atoms with E-state index in [-0.39, 0.29) is 0 Å². The van der Waals surface area contributed by atoms with Crippen molar-refractivity contribution < 1.29 is 0 Å². The second kappa shape index (κ2) is 4.31. The minimum Gasteiger partial charge on any atom is -0.265 e. The molecule has 0 bridgehead atoms. The highest BCUT2D eigenvalue weighted by atomic mass is 35.5. The first kappa shape index (κ1) is 10.5. The van der Waals surface area contributed by atoms with Crippen LogP contribution in [0.5, 0.6) is 0 Å². The number of halogens is 1. The van der Waals surface area contributed by atoms with Gasteiger partial charge in [-0.25, -0.2) is 0 Å². The Hall–Kier alpha value is -1.66. The number of hydrogen-bond acceptors (Lipinski definition) is 5. The zero-order chi connectivity index (χ0) is 11.7. The molecule has 0 aliphatic rings. The van der Waals surface area contributed by atoms with Crippen LogP contribution < -0.4 is 0 Å². The molecule has 7 heteroatoms. The maximum Gasteiger partial charge on any atom is 0.254 e. The Morgan fingerprint density at radius 2 is 2.06 bits per heavy atom. The molecular weight excluding hydrogens is 258 g/mol. The van der Waals surface area contributed by atoms with Crippen LogP contribution in [0.15, 0.2) is 46.8 Å². The van der Waals surface area contributed by atoms with Gasteiger partial charge in [0.25, 0.3) is 5.78 Å². The van der Waals surface area contributed by atoms with Crippen LogP contribution in [0.25, 0.3) is 5.78 Å². The average molecular weight is 264 g/mol. The molecule has 0 saturated carbocycles. The van der Waals surface area contributed by atoms with E-state index in [1.165, 1.54) is 18.1 Å². The molecule has 0 radical (unpaired) electrons. The topological polar surface area (TPSA) is 56.0 Å². The lowest BCUT2D eigenvalue weighted by Gasteiger charge is -2.03. The highest BCUT2D eigenvalue weighted by Gasteiger charge is 2.07. The van der Waals surface area contributed by atoms with Crippen molar-refractivity contribution in [2.45, 2.75) is 9.92 Å². The van der Waals surface area contributed by atoms with Gasteiger partial charge in [0.15, 0.2) is 0 Å². The molecule has 0 amide bonds. The molecular formula is C10H6ClN5S. The molecule has 17 heavy (non-hydrogen) atoms. The largest absolute Gasteiger partial charge is 0.265 e. The molecule has 0 saturated heterocycles. The van der Waals surface area contributed by atoms with E-state index in [0.29, 0.717) is 10.9 Å². The van der Waals surface area contributed by atoms with Gasteiger partial charge in [0.05, 0.1) is 0 Å². The molecule has 3 aromatic heterocycles. The Morgan fingerprint density at radius 1 is 1.24 bits per heavy atom. The van der Waals surface area contributed by atoms with E-state index >= 15 is 0 Å². The Labute approximate surface area is 106 Å². The Bertz CT molecular complexity index is 654. The lowest BCUT2D eigenvalue weighted by atomic mass is 10.5. The van der Waals surface area contributed by atoms with Gasteiger partial charge in [-0.3, -0.25) is 4.98 Å². The van der Waals surface area contributed by atoms with Crippen LogP contribution in [-0.2, 0) is 0 Å². The summed E-state index contributed by atoms with van der Waals surface area (Å²) in [6.45, 7) is 0. The maximum absolute atomic E-state index is 5.93. The third-order valence-corrected chi connectivity index (χ3v) is 3.26. The maximum atomic E-state index is 5.93. The zero-order valence-corrected chi connectivity index (χ0v) is 10.1. The summed E-state index contributed by atoms with van der Waals surface area (Å²) in [4.78, 5) is 13.1. The first-order valence-corrected chi connectivity index (χ1v) is 5.96. The van der Waals surface area contributed by atoms with Crippen molar-refractivity contribution in [1.82, 2.24) is 24.6 Å². The number of aromatic nitrogens is 5. The monoisotopic (exact) mass is 263 g/mol. The van der Waals surface area contributed by atoms with E-state index in [9.17, 15) is 0 Å². The minimum atomic E-state index is 0.405. The lowest BCUT2D eigenvalue weighted by molar-refractivity contribution is 0.842. The lowest BCUT2D eigenvalue weighted by Crippen LogP contribution is -1.95. The second-order valence-electron chi connectivity index (χ2n) is 3.17. The molecule has 3 rings (SSSR count). The fourth-order valence-corrected chi connectivity index (χ4v) is 2.49. The van der Waals surface area contributed by atoms with Gasteiger partial charge in [0, 0.05) is 23.4 Å². The summed E-state index contributed by atoms with van der Waals surface area (Å²) in [6, 6.07) is 5.60. The molecule has 0 N–H and O–H groups in total. The van der Waals surface area contributed by atoms with Crippen molar-refractivity contribution in [3.63, 3.8) is 0 Å². The predicted octanol–water partition coefficient (Wildman–Crippen LogP) is 2.32. The summed E-state index contributed by atoms with van der Waals surface area (Å²) in [5, 5.41) is 5.37. The van der Waals surface area contributed by atoms with Crippen molar-refractivity contribution in [1.29, 1.82) is 0 Å². The third-order valence-electron chi connectivity index (χ3n) is 2.06. The van der Waals surface area contributed by atoms with Gasteiger partial charge >= 0.3 is 0 Å². The zero-order valence-electron chi connectivity index (χ0n) is 8.49. The Morgan fingerprint density at radius 3 is 2.88 bits per heavy atom. The number of nitrogens with zero attached hydrogens (tertiary/aromatic N) is 5. The quantitative estimate of drug-likeness (QED) is 0.664.